The van der Waals surface area contributed by atoms with E-state index in [-0.39, 0.29) is 17.4 Å². The summed E-state index contributed by atoms with van der Waals surface area (Å²) >= 11 is 0. The molecule has 8 heteroatoms. The fraction of sp³-hybridized carbons (Fsp3) is 0.250. The fourth-order valence-corrected chi connectivity index (χ4v) is 3.14. The van der Waals surface area contributed by atoms with Gasteiger partial charge in [-0.25, -0.2) is 8.78 Å². The third-order valence-corrected chi connectivity index (χ3v) is 4.75. The highest BCUT2D eigenvalue weighted by atomic mass is 19.1. The van der Waals surface area contributed by atoms with E-state index in [0.29, 0.717) is 43.2 Å². The van der Waals surface area contributed by atoms with E-state index in [0.717, 1.165) is 12.1 Å². The van der Waals surface area contributed by atoms with Crippen molar-refractivity contribution in [2.45, 2.75) is 12.8 Å². The topological polar surface area (TPSA) is 92.5 Å². The van der Waals surface area contributed by atoms with Crippen LogP contribution in [0.25, 0.3) is 0 Å². The number of primary amides is 1. The molecule has 0 radical (unpaired) electrons. The van der Waals surface area contributed by atoms with Crippen LogP contribution in [0.5, 0.6) is 0 Å². The number of anilines is 1. The number of nitrogens with two attached hydrogens (primary N) is 1. The van der Waals surface area contributed by atoms with E-state index in [4.69, 9.17) is 5.73 Å². The molecular formula is C20H19F2N3O3. The molecule has 0 aliphatic carbocycles. The standard InChI is InChI=1S/C20H19F2N3O3/c21-14-3-6-16(17(22)11-14)20(28)25-9-7-13(8-10-25)19(27)24-15-4-1-12(2-5-15)18(23)26/h1-6,11,13H,7-10H2,(H2,23,26)(H,24,27). The van der Waals surface area contributed by atoms with Crippen LogP contribution in [0.2, 0.25) is 0 Å². The monoisotopic (exact) mass is 387 g/mol. The lowest BCUT2D eigenvalue weighted by Gasteiger charge is -2.31. The lowest BCUT2D eigenvalue weighted by atomic mass is 9.95. The van der Waals surface area contributed by atoms with Crippen molar-refractivity contribution in [1.29, 1.82) is 0 Å². The number of hydrogen-bond acceptors (Lipinski definition) is 3. The van der Waals surface area contributed by atoms with Gasteiger partial charge in [-0.15, -0.1) is 0 Å². The van der Waals surface area contributed by atoms with Crippen LogP contribution < -0.4 is 11.1 Å². The molecule has 0 spiro atoms. The molecule has 28 heavy (non-hydrogen) atoms. The van der Waals surface area contributed by atoms with Crippen molar-refractivity contribution in [3.8, 4) is 0 Å². The van der Waals surface area contributed by atoms with E-state index >= 15 is 0 Å². The number of carbonyl (C=O) groups is 3. The van der Waals surface area contributed by atoms with E-state index < -0.39 is 23.4 Å². The number of amides is 3. The van der Waals surface area contributed by atoms with E-state index in [1.54, 1.807) is 12.1 Å². The Balaban J connectivity index is 1.56. The second kappa shape index (κ2) is 8.16. The van der Waals surface area contributed by atoms with Gasteiger partial charge in [0.15, 0.2) is 0 Å². The number of likely N-dealkylation sites (tertiary alicyclic amines) is 1. The highest BCUT2D eigenvalue weighted by Crippen LogP contribution is 2.22. The van der Waals surface area contributed by atoms with E-state index in [2.05, 4.69) is 5.32 Å². The molecule has 1 aliphatic heterocycles. The summed E-state index contributed by atoms with van der Waals surface area (Å²) in [6.07, 6.45) is 0.861. The Labute approximate surface area is 160 Å². The van der Waals surface area contributed by atoms with Gasteiger partial charge in [-0.3, -0.25) is 14.4 Å². The van der Waals surface area contributed by atoms with Crippen LogP contribution in [0.15, 0.2) is 42.5 Å². The summed E-state index contributed by atoms with van der Waals surface area (Å²) in [5.41, 5.74) is 5.88. The lowest BCUT2D eigenvalue weighted by molar-refractivity contribution is -0.121. The molecule has 0 bridgehead atoms. The second-order valence-electron chi connectivity index (χ2n) is 6.62. The highest BCUT2D eigenvalue weighted by molar-refractivity contribution is 5.96. The van der Waals surface area contributed by atoms with Crippen molar-refractivity contribution in [2.24, 2.45) is 11.7 Å². The summed E-state index contributed by atoms with van der Waals surface area (Å²) in [5.74, 6) is -3.19. The van der Waals surface area contributed by atoms with Crippen LogP contribution in [0.1, 0.15) is 33.6 Å². The predicted octanol–water partition coefficient (Wildman–Crippen LogP) is 2.55. The molecule has 0 saturated carbocycles. The van der Waals surface area contributed by atoms with Crippen LogP contribution >= 0.6 is 0 Å². The highest BCUT2D eigenvalue weighted by Gasteiger charge is 2.29. The zero-order chi connectivity index (χ0) is 20.3. The number of halogens is 2. The maximum Gasteiger partial charge on any atom is 0.256 e. The van der Waals surface area contributed by atoms with Gasteiger partial charge in [-0.2, -0.15) is 0 Å². The lowest BCUT2D eigenvalue weighted by Crippen LogP contribution is -2.41. The zero-order valence-electron chi connectivity index (χ0n) is 15.0. The van der Waals surface area contributed by atoms with E-state index in [9.17, 15) is 23.2 Å². The van der Waals surface area contributed by atoms with Gasteiger partial charge in [0.25, 0.3) is 5.91 Å². The van der Waals surface area contributed by atoms with Crippen LogP contribution in [0, 0.1) is 17.6 Å². The molecule has 6 nitrogen and oxygen atoms in total. The summed E-state index contributed by atoms with van der Waals surface area (Å²) in [6, 6.07) is 9.08. The van der Waals surface area contributed by atoms with E-state index in [1.165, 1.54) is 17.0 Å². The molecule has 1 aliphatic rings. The van der Waals surface area contributed by atoms with E-state index in [1.807, 2.05) is 0 Å². The molecule has 1 saturated heterocycles. The largest absolute Gasteiger partial charge is 0.366 e. The predicted molar refractivity (Wildman–Crippen MR) is 98.6 cm³/mol. The Morgan fingerprint density at radius 2 is 1.64 bits per heavy atom. The smallest absolute Gasteiger partial charge is 0.256 e. The molecule has 0 unspecified atom stereocenters. The Bertz CT molecular complexity index is 907. The van der Waals surface area contributed by atoms with Gasteiger partial charge in [0.05, 0.1) is 5.56 Å². The first-order chi connectivity index (χ1) is 13.3. The minimum absolute atomic E-state index is 0.182. The van der Waals surface area contributed by atoms with Gasteiger partial charge in [0.1, 0.15) is 11.6 Å². The Morgan fingerprint density at radius 3 is 2.21 bits per heavy atom. The van der Waals surface area contributed by atoms with Gasteiger partial charge < -0.3 is 16.0 Å². The SMILES string of the molecule is NC(=O)c1ccc(NC(=O)C2CCN(C(=O)c3ccc(F)cc3F)CC2)cc1. The minimum Gasteiger partial charge on any atom is -0.366 e. The normalized spacial score (nSPS) is 14.6. The molecule has 3 amide bonds. The summed E-state index contributed by atoms with van der Waals surface area (Å²) in [6.45, 7) is 0.600. The molecule has 3 rings (SSSR count). The van der Waals surface area contributed by atoms with Crippen molar-refractivity contribution in [3.63, 3.8) is 0 Å². The van der Waals surface area contributed by atoms with Gasteiger partial charge >= 0.3 is 0 Å². The Kier molecular flexibility index (Phi) is 5.67. The van der Waals surface area contributed by atoms with Crippen LogP contribution in [-0.4, -0.2) is 35.7 Å². The summed E-state index contributed by atoms with van der Waals surface area (Å²) in [5, 5.41) is 2.77. The average Bonchev–Trinajstić information content (AvgIpc) is 2.68. The van der Waals surface area contributed by atoms with Crippen molar-refractivity contribution in [1.82, 2.24) is 4.90 Å². The second-order valence-corrected chi connectivity index (χ2v) is 6.62. The summed E-state index contributed by atoms with van der Waals surface area (Å²) in [4.78, 5) is 37.4. The molecule has 1 heterocycles. The number of carbonyl (C=O) groups excluding carboxylic acids is 3. The van der Waals surface area contributed by atoms with Gasteiger partial charge in [0, 0.05) is 36.3 Å². The number of nitrogens with zero attached hydrogens (tertiary/aromatic N) is 1. The number of rotatable bonds is 4. The molecule has 2 aromatic rings. The maximum absolute atomic E-state index is 13.8. The van der Waals surface area contributed by atoms with Crippen LogP contribution in [0.4, 0.5) is 14.5 Å². The number of benzene rings is 2. The maximum atomic E-state index is 13.8. The first-order valence-electron chi connectivity index (χ1n) is 8.80. The summed E-state index contributed by atoms with van der Waals surface area (Å²) in [7, 11) is 0. The number of hydrogen-bond donors (Lipinski definition) is 2. The third kappa shape index (κ3) is 4.33. The van der Waals surface area contributed by atoms with Crippen LogP contribution in [-0.2, 0) is 4.79 Å². The molecule has 1 fully saturated rings. The Morgan fingerprint density at radius 1 is 1.00 bits per heavy atom. The molecule has 146 valence electrons. The zero-order valence-corrected chi connectivity index (χ0v) is 15.0. The molecule has 2 aromatic carbocycles. The number of nitrogens with one attached hydrogen (secondary N) is 1. The van der Waals surface area contributed by atoms with Crippen molar-refractivity contribution < 1.29 is 23.2 Å². The minimum atomic E-state index is -0.899. The quantitative estimate of drug-likeness (QED) is 0.844. The Hall–Kier alpha value is -3.29. The molecule has 0 aromatic heterocycles. The summed E-state index contributed by atoms with van der Waals surface area (Å²) < 4.78 is 26.8. The fourth-order valence-electron chi connectivity index (χ4n) is 3.14. The molecule has 0 atom stereocenters. The first kappa shape index (κ1) is 19.5. The first-order valence-corrected chi connectivity index (χ1v) is 8.80. The third-order valence-electron chi connectivity index (χ3n) is 4.75. The molecule has 3 N–H and O–H groups in total. The average molecular weight is 387 g/mol. The van der Waals surface area contributed by atoms with Crippen LogP contribution in [0.3, 0.4) is 0 Å². The van der Waals surface area contributed by atoms with Gasteiger partial charge in [0.2, 0.25) is 11.8 Å². The van der Waals surface area contributed by atoms with Crippen molar-refractivity contribution in [3.05, 3.63) is 65.2 Å². The van der Waals surface area contributed by atoms with Crippen molar-refractivity contribution >= 4 is 23.4 Å². The van der Waals surface area contributed by atoms with Gasteiger partial charge in [-0.1, -0.05) is 0 Å². The molecular weight excluding hydrogens is 368 g/mol. The number of piperidine rings is 1. The van der Waals surface area contributed by atoms with Gasteiger partial charge in [-0.05, 0) is 49.2 Å². The van der Waals surface area contributed by atoms with Crippen molar-refractivity contribution in [2.75, 3.05) is 18.4 Å².